The number of ether oxygens (including phenoxy) is 1. The number of fused-ring (bicyclic) bond motifs is 1. The molecule has 0 saturated heterocycles. The summed E-state index contributed by atoms with van der Waals surface area (Å²) in [6.45, 7) is 4.87. The van der Waals surface area contributed by atoms with Crippen molar-refractivity contribution in [1.29, 1.82) is 0 Å². The van der Waals surface area contributed by atoms with E-state index in [0.29, 0.717) is 0 Å². The Bertz CT molecular complexity index is 396. The van der Waals surface area contributed by atoms with Gasteiger partial charge in [-0.1, -0.05) is 31.1 Å². The lowest BCUT2D eigenvalue weighted by atomic mass is 10.2. The molecule has 18 heavy (non-hydrogen) atoms. The van der Waals surface area contributed by atoms with Crippen molar-refractivity contribution >= 4 is 0 Å². The standard InChI is InChI=1S/C9H8O.C7H15N/c1-2-4-7-5-3-6-8-9(7)10-8;1-8-6-2-3-7-4-5-7/h2-3,5-6H,1,4H2;7-8H,2-6H2,1H3. The molecule has 2 nitrogen and oxygen atoms in total. The number of benzene rings is 1. The first-order valence-electron chi connectivity index (χ1n) is 6.90. The lowest BCUT2D eigenvalue weighted by molar-refractivity contribution is 0.631. The van der Waals surface area contributed by atoms with Gasteiger partial charge in [-0.25, -0.2) is 0 Å². The number of nitrogens with one attached hydrogen (secondary N) is 1. The minimum absolute atomic E-state index is 0.906. The van der Waals surface area contributed by atoms with Gasteiger partial charge >= 0.3 is 0 Å². The monoisotopic (exact) mass is 245 g/mol. The number of hydrogen-bond donors (Lipinski definition) is 1. The molecule has 0 atom stereocenters. The smallest absolute Gasteiger partial charge is 0.173 e. The van der Waals surface area contributed by atoms with Crippen LogP contribution in [0.1, 0.15) is 31.2 Å². The summed E-state index contributed by atoms with van der Waals surface area (Å²) >= 11 is 0. The Morgan fingerprint density at radius 1 is 1.44 bits per heavy atom. The van der Waals surface area contributed by atoms with Crippen LogP contribution in [0.4, 0.5) is 0 Å². The SMILES string of the molecule is C=CCc1cccc2c1O2.CNCCCC1CC1. The van der Waals surface area contributed by atoms with E-state index in [1.807, 2.05) is 25.3 Å². The summed E-state index contributed by atoms with van der Waals surface area (Å²) in [4.78, 5) is 0. The zero-order chi connectivity index (χ0) is 12.8. The maximum absolute atomic E-state index is 5.17. The summed E-state index contributed by atoms with van der Waals surface area (Å²) in [6.07, 6.45) is 8.63. The van der Waals surface area contributed by atoms with Crippen LogP contribution >= 0.6 is 0 Å². The summed E-state index contributed by atoms with van der Waals surface area (Å²) in [5.41, 5.74) is 1.24. The van der Waals surface area contributed by atoms with Gasteiger partial charge < -0.3 is 10.1 Å². The van der Waals surface area contributed by atoms with Crippen molar-refractivity contribution < 1.29 is 4.74 Å². The molecule has 1 fully saturated rings. The lowest BCUT2D eigenvalue weighted by Crippen LogP contribution is -2.07. The Morgan fingerprint density at radius 3 is 2.94 bits per heavy atom. The van der Waals surface area contributed by atoms with Gasteiger partial charge in [-0.2, -0.15) is 0 Å². The van der Waals surface area contributed by atoms with Crippen LogP contribution in [0.15, 0.2) is 30.9 Å². The van der Waals surface area contributed by atoms with E-state index in [1.54, 1.807) is 0 Å². The van der Waals surface area contributed by atoms with Gasteiger partial charge in [0.1, 0.15) is 0 Å². The Kier molecular flexibility index (Phi) is 4.82. The molecule has 1 N–H and O–H groups in total. The molecule has 0 aromatic heterocycles. The highest BCUT2D eigenvalue weighted by Gasteiger charge is 2.22. The predicted molar refractivity (Wildman–Crippen MR) is 76.3 cm³/mol. The van der Waals surface area contributed by atoms with Crippen LogP contribution in [0.2, 0.25) is 0 Å². The molecule has 98 valence electrons. The van der Waals surface area contributed by atoms with E-state index < -0.39 is 0 Å². The molecule has 2 aliphatic rings. The van der Waals surface area contributed by atoms with E-state index in [-0.39, 0.29) is 0 Å². The Balaban J connectivity index is 0.000000138. The van der Waals surface area contributed by atoms with Crippen LogP contribution < -0.4 is 10.1 Å². The summed E-state index contributed by atoms with van der Waals surface area (Å²) in [5, 5.41) is 3.15. The van der Waals surface area contributed by atoms with Crippen molar-refractivity contribution in [2.24, 2.45) is 5.92 Å². The van der Waals surface area contributed by atoms with Gasteiger partial charge in [0.15, 0.2) is 11.5 Å². The minimum atomic E-state index is 0.906. The molecule has 1 aromatic rings. The first-order chi connectivity index (χ1) is 8.85. The molecule has 0 spiro atoms. The van der Waals surface area contributed by atoms with Crippen molar-refractivity contribution in [3.63, 3.8) is 0 Å². The summed E-state index contributed by atoms with van der Waals surface area (Å²) in [6, 6.07) is 6.04. The Morgan fingerprint density at radius 2 is 2.28 bits per heavy atom. The second-order valence-corrected chi connectivity index (χ2v) is 5.03. The quantitative estimate of drug-likeness (QED) is 0.474. The maximum atomic E-state index is 5.17. The van der Waals surface area contributed by atoms with Crippen molar-refractivity contribution in [3.8, 4) is 11.5 Å². The van der Waals surface area contributed by atoms with Crippen molar-refractivity contribution in [3.05, 3.63) is 36.4 Å². The van der Waals surface area contributed by atoms with E-state index in [9.17, 15) is 0 Å². The third-order valence-electron chi connectivity index (χ3n) is 3.33. The molecule has 0 bridgehead atoms. The fourth-order valence-corrected chi connectivity index (χ4v) is 2.04. The molecule has 0 amide bonds. The first-order valence-corrected chi connectivity index (χ1v) is 6.90. The van der Waals surface area contributed by atoms with Crippen LogP contribution in [-0.4, -0.2) is 13.6 Å². The van der Waals surface area contributed by atoms with Gasteiger partial charge in [0, 0.05) is 5.56 Å². The van der Waals surface area contributed by atoms with Gasteiger partial charge in [-0.15, -0.1) is 6.58 Å². The molecule has 1 aliphatic carbocycles. The zero-order valence-electron chi connectivity index (χ0n) is 11.2. The Hall–Kier alpha value is -1.28. The molecule has 3 rings (SSSR count). The lowest BCUT2D eigenvalue weighted by Gasteiger charge is -1.94. The zero-order valence-corrected chi connectivity index (χ0v) is 11.2. The molecular formula is C16H23NO. The normalized spacial score (nSPS) is 14.9. The van der Waals surface area contributed by atoms with Crippen LogP contribution in [-0.2, 0) is 6.42 Å². The number of rotatable bonds is 6. The topological polar surface area (TPSA) is 24.6 Å². The maximum Gasteiger partial charge on any atom is 0.173 e. The summed E-state index contributed by atoms with van der Waals surface area (Å²) in [7, 11) is 2.02. The number of hydrogen-bond acceptors (Lipinski definition) is 2. The third kappa shape index (κ3) is 4.19. The van der Waals surface area contributed by atoms with Gasteiger partial charge in [-0.3, -0.25) is 0 Å². The van der Waals surface area contributed by atoms with Gasteiger partial charge in [0.25, 0.3) is 0 Å². The largest absolute Gasteiger partial charge is 0.449 e. The average molecular weight is 245 g/mol. The summed E-state index contributed by atoms with van der Waals surface area (Å²) in [5.74, 6) is 3.20. The fraction of sp³-hybridized carbons (Fsp3) is 0.500. The van der Waals surface area contributed by atoms with E-state index in [1.165, 1.54) is 37.8 Å². The van der Waals surface area contributed by atoms with E-state index >= 15 is 0 Å². The van der Waals surface area contributed by atoms with Crippen LogP contribution in [0.25, 0.3) is 0 Å². The summed E-state index contributed by atoms with van der Waals surface area (Å²) < 4.78 is 5.17. The molecule has 2 heteroatoms. The fourth-order valence-electron chi connectivity index (χ4n) is 2.04. The number of allylic oxidation sites excluding steroid dienone is 1. The average Bonchev–Trinajstić information content (AvgIpc) is 3.25. The molecule has 1 heterocycles. The number of para-hydroxylation sites is 1. The van der Waals surface area contributed by atoms with Crippen LogP contribution in [0, 0.1) is 5.92 Å². The molecular weight excluding hydrogens is 222 g/mol. The van der Waals surface area contributed by atoms with Gasteiger partial charge in [-0.05, 0) is 44.8 Å². The van der Waals surface area contributed by atoms with E-state index in [4.69, 9.17) is 4.74 Å². The van der Waals surface area contributed by atoms with E-state index in [0.717, 1.165) is 23.8 Å². The highest BCUT2D eigenvalue weighted by molar-refractivity contribution is 5.59. The van der Waals surface area contributed by atoms with Crippen molar-refractivity contribution in [1.82, 2.24) is 5.32 Å². The molecule has 1 aliphatic heterocycles. The molecule has 0 unspecified atom stereocenters. The minimum Gasteiger partial charge on any atom is -0.449 e. The van der Waals surface area contributed by atoms with Crippen LogP contribution in [0.3, 0.4) is 0 Å². The molecule has 1 saturated carbocycles. The van der Waals surface area contributed by atoms with Crippen molar-refractivity contribution in [2.45, 2.75) is 32.1 Å². The van der Waals surface area contributed by atoms with E-state index in [2.05, 4.69) is 18.0 Å². The predicted octanol–water partition coefficient (Wildman–Crippen LogP) is 3.92. The van der Waals surface area contributed by atoms with Gasteiger partial charge in [0.2, 0.25) is 0 Å². The highest BCUT2D eigenvalue weighted by Crippen LogP contribution is 2.47. The third-order valence-corrected chi connectivity index (χ3v) is 3.33. The second-order valence-electron chi connectivity index (χ2n) is 5.03. The Labute approximate surface area is 110 Å². The molecule has 0 radical (unpaired) electrons. The highest BCUT2D eigenvalue weighted by atomic mass is 16.6. The first kappa shape index (κ1) is 13.2. The second kappa shape index (κ2) is 6.60. The van der Waals surface area contributed by atoms with Crippen LogP contribution in [0.5, 0.6) is 11.5 Å². The van der Waals surface area contributed by atoms with Gasteiger partial charge in [0.05, 0.1) is 0 Å². The van der Waals surface area contributed by atoms with Crippen molar-refractivity contribution in [2.75, 3.05) is 13.6 Å². The molecule has 1 aromatic carbocycles.